The topological polar surface area (TPSA) is 48.3 Å². The van der Waals surface area contributed by atoms with Crippen LogP contribution in [0.3, 0.4) is 0 Å². The van der Waals surface area contributed by atoms with Gasteiger partial charge in [0.2, 0.25) is 0 Å². The number of hydrogen-bond donors (Lipinski definition) is 1. The van der Waals surface area contributed by atoms with Crippen LogP contribution in [-0.2, 0) is 11.4 Å². The van der Waals surface area contributed by atoms with Crippen molar-refractivity contribution in [2.24, 2.45) is 5.16 Å². The molecule has 0 bridgehead atoms. The molecule has 3 atom stereocenters. The Morgan fingerprint density at radius 3 is 2.57 bits per heavy atom. The highest BCUT2D eigenvalue weighted by atomic mass is 16.7. The van der Waals surface area contributed by atoms with Crippen LogP contribution in [-0.4, -0.2) is 47.0 Å². The number of rotatable bonds is 3. The van der Waals surface area contributed by atoms with E-state index in [0.717, 1.165) is 17.8 Å². The van der Waals surface area contributed by atoms with Gasteiger partial charge in [-0.25, -0.2) is 0 Å². The Labute approximate surface area is 166 Å². The third-order valence-corrected chi connectivity index (χ3v) is 6.45. The van der Waals surface area contributed by atoms with Gasteiger partial charge in [-0.05, 0) is 74.3 Å². The molecule has 2 aromatic rings. The van der Waals surface area contributed by atoms with Gasteiger partial charge in [0.1, 0.15) is 5.75 Å². The van der Waals surface area contributed by atoms with Crippen LogP contribution in [0.5, 0.6) is 5.75 Å². The molecule has 3 heterocycles. The lowest BCUT2D eigenvalue weighted by Gasteiger charge is -2.41. The molecule has 0 aliphatic carbocycles. The average molecular weight is 377 g/mol. The predicted octanol–water partition coefficient (Wildman–Crippen LogP) is 3.84. The van der Waals surface area contributed by atoms with E-state index in [1.807, 2.05) is 19.1 Å². The molecule has 0 unspecified atom stereocenters. The summed E-state index contributed by atoms with van der Waals surface area (Å²) < 4.78 is 0. The Kier molecular flexibility index (Phi) is 4.37. The van der Waals surface area contributed by atoms with Gasteiger partial charge >= 0.3 is 0 Å². The lowest BCUT2D eigenvalue weighted by atomic mass is 9.80. The summed E-state index contributed by atoms with van der Waals surface area (Å²) in [5, 5.41) is 14.4. The molecule has 28 heavy (non-hydrogen) atoms. The second-order valence-electron chi connectivity index (χ2n) is 8.31. The largest absolute Gasteiger partial charge is 0.508 e. The van der Waals surface area contributed by atoms with Crippen LogP contribution in [0.25, 0.3) is 0 Å². The van der Waals surface area contributed by atoms with Crippen molar-refractivity contribution in [1.82, 2.24) is 9.80 Å². The smallest absolute Gasteiger partial charge is 0.194 e. The summed E-state index contributed by atoms with van der Waals surface area (Å²) in [6.45, 7) is 5.46. The summed E-state index contributed by atoms with van der Waals surface area (Å²) in [5.41, 5.74) is 5.89. The standard InChI is InChI=1S/C23H27N3O2/c1-15-21-19-10-9-18(27)13-20(19)22(25(2)23(21)28-24-15)17-7-5-16(6-8-17)14-26-11-3-4-12-26/h5-10,13,21-23,27H,3-4,11-12,14H2,1-2H3/t21-,22-,23-/m1/s1. The van der Waals surface area contributed by atoms with Crippen LogP contribution < -0.4 is 0 Å². The third-order valence-electron chi connectivity index (χ3n) is 6.45. The first-order chi connectivity index (χ1) is 13.6. The number of likely N-dealkylation sites (N-methyl/N-ethyl adjacent to an activating group) is 1. The second kappa shape index (κ2) is 6.90. The Balaban J connectivity index is 1.49. The van der Waals surface area contributed by atoms with Gasteiger partial charge in [0.15, 0.2) is 6.23 Å². The number of nitrogens with zero attached hydrogens (tertiary/aromatic N) is 3. The number of phenolic OH excluding ortho intramolecular Hbond substituents is 1. The lowest BCUT2D eigenvalue weighted by molar-refractivity contribution is -0.0538. The number of benzene rings is 2. The maximum absolute atomic E-state index is 10.2. The molecule has 0 aromatic heterocycles. The van der Waals surface area contributed by atoms with E-state index in [1.54, 1.807) is 6.07 Å². The molecule has 0 spiro atoms. The van der Waals surface area contributed by atoms with E-state index < -0.39 is 0 Å². The SMILES string of the molecule is CC1=NO[C@@H]2[C@H]1c1ccc(O)cc1[C@@H](c1ccc(CN3CCCC3)cc1)N2C. The van der Waals surface area contributed by atoms with Gasteiger partial charge in [-0.2, -0.15) is 0 Å². The van der Waals surface area contributed by atoms with Gasteiger partial charge < -0.3 is 9.94 Å². The predicted molar refractivity (Wildman–Crippen MR) is 109 cm³/mol. The highest BCUT2D eigenvalue weighted by Crippen LogP contribution is 2.46. The van der Waals surface area contributed by atoms with Crippen molar-refractivity contribution in [2.45, 2.75) is 44.5 Å². The van der Waals surface area contributed by atoms with E-state index in [2.05, 4.69) is 46.3 Å². The summed E-state index contributed by atoms with van der Waals surface area (Å²) in [5.74, 6) is 0.418. The maximum Gasteiger partial charge on any atom is 0.194 e. The van der Waals surface area contributed by atoms with Crippen LogP contribution in [0.2, 0.25) is 0 Å². The van der Waals surface area contributed by atoms with Crippen molar-refractivity contribution in [3.63, 3.8) is 0 Å². The normalized spacial score (nSPS) is 27.2. The van der Waals surface area contributed by atoms with Crippen molar-refractivity contribution in [2.75, 3.05) is 20.1 Å². The van der Waals surface area contributed by atoms with Gasteiger partial charge in [-0.1, -0.05) is 35.5 Å². The Bertz CT molecular complexity index is 903. The van der Waals surface area contributed by atoms with Gasteiger partial charge in [0.25, 0.3) is 0 Å². The number of oxime groups is 1. The van der Waals surface area contributed by atoms with Gasteiger partial charge in [-0.15, -0.1) is 0 Å². The van der Waals surface area contributed by atoms with Crippen LogP contribution in [0.4, 0.5) is 0 Å². The molecule has 5 rings (SSSR count). The van der Waals surface area contributed by atoms with E-state index in [1.165, 1.54) is 42.6 Å². The van der Waals surface area contributed by atoms with E-state index in [0.29, 0.717) is 5.75 Å². The molecule has 0 radical (unpaired) electrons. The number of likely N-dealkylation sites (tertiary alicyclic amines) is 1. The maximum atomic E-state index is 10.2. The summed E-state index contributed by atoms with van der Waals surface area (Å²) >= 11 is 0. The van der Waals surface area contributed by atoms with Crippen molar-refractivity contribution in [3.05, 3.63) is 64.7 Å². The highest BCUT2D eigenvalue weighted by Gasteiger charge is 2.45. The highest BCUT2D eigenvalue weighted by molar-refractivity contribution is 5.91. The monoisotopic (exact) mass is 377 g/mol. The fourth-order valence-electron chi connectivity index (χ4n) is 5.02. The minimum atomic E-state index is -0.105. The molecule has 5 nitrogen and oxygen atoms in total. The number of hydrogen-bond acceptors (Lipinski definition) is 5. The zero-order valence-corrected chi connectivity index (χ0v) is 16.5. The second-order valence-corrected chi connectivity index (χ2v) is 8.31. The van der Waals surface area contributed by atoms with Crippen LogP contribution >= 0.6 is 0 Å². The molecule has 0 saturated carbocycles. The van der Waals surface area contributed by atoms with Gasteiger partial charge in [-0.3, -0.25) is 9.80 Å². The lowest BCUT2D eigenvalue weighted by Crippen LogP contribution is -2.44. The molecule has 1 saturated heterocycles. The first-order valence-electron chi connectivity index (χ1n) is 10.2. The third kappa shape index (κ3) is 2.90. The summed E-state index contributed by atoms with van der Waals surface area (Å²) in [7, 11) is 2.08. The molecule has 1 fully saturated rings. The first-order valence-corrected chi connectivity index (χ1v) is 10.2. The fourth-order valence-corrected chi connectivity index (χ4v) is 5.02. The van der Waals surface area contributed by atoms with Crippen LogP contribution in [0.1, 0.15) is 54.0 Å². The van der Waals surface area contributed by atoms with E-state index in [-0.39, 0.29) is 18.2 Å². The van der Waals surface area contributed by atoms with Gasteiger partial charge in [0.05, 0.1) is 17.7 Å². The minimum absolute atomic E-state index is 0.0327. The molecule has 1 N–H and O–H groups in total. The molecule has 146 valence electrons. The molecule has 3 aliphatic heterocycles. The zero-order chi connectivity index (χ0) is 19.3. The Morgan fingerprint density at radius 2 is 1.82 bits per heavy atom. The quantitative estimate of drug-likeness (QED) is 0.883. The summed E-state index contributed by atoms with van der Waals surface area (Å²) in [6, 6.07) is 14.7. The van der Waals surface area contributed by atoms with Gasteiger partial charge in [0, 0.05) is 6.54 Å². The van der Waals surface area contributed by atoms with E-state index >= 15 is 0 Å². The Morgan fingerprint density at radius 1 is 1.07 bits per heavy atom. The number of aromatic hydroxyl groups is 1. The molecular formula is C23H27N3O2. The molecular weight excluding hydrogens is 350 g/mol. The Hall–Kier alpha value is -2.37. The van der Waals surface area contributed by atoms with Crippen molar-refractivity contribution < 1.29 is 9.94 Å². The van der Waals surface area contributed by atoms with Crippen LogP contribution in [0, 0.1) is 0 Å². The zero-order valence-electron chi connectivity index (χ0n) is 16.5. The fraction of sp³-hybridized carbons (Fsp3) is 0.435. The van der Waals surface area contributed by atoms with E-state index in [4.69, 9.17) is 4.84 Å². The molecule has 3 aliphatic rings. The van der Waals surface area contributed by atoms with Crippen molar-refractivity contribution in [3.8, 4) is 5.75 Å². The van der Waals surface area contributed by atoms with Crippen LogP contribution in [0.15, 0.2) is 47.6 Å². The first kappa shape index (κ1) is 17.7. The average Bonchev–Trinajstić information content (AvgIpc) is 3.33. The van der Waals surface area contributed by atoms with Crippen molar-refractivity contribution >= 4 is 5.71 Å². The number of fused-ring (bicyclic) bond motifs is 3. The molecule has 2 aromatic carbocycles. The molecule has 0 amide bonds. The summed E-state index contributed by atoms with van der Waals surface area (Å²) in [4.78, 5) is 10.5. The minimum Gasteiger partial charge on any atom is -0.508 e. The number of phenols is 1. The van der Waals surface area contributed by atoms with Crippen molar-refractivity contribution in [1.29, 1.82) is 0 Å². The van der Waals surface area contributed by atoms with E-state index in [9.17, 15) is 5.11 Å². The summed E-state index contributed by atoms with van der Waals surface area (Å²) in [6.07, 6.45) is 2.52. The molecule has 5 heteroatoms.